The van der Waals surface area contributed by atoms with Crippen LogP contribution in [0.5, 0.6) is 0 Å². The fraction of sp³-hybridized carbons (Fsp3) is 0.700. The molecule has 6 nitrogen and oxygen atoms in total. The van der Waals surface area contributed by atoms with Crippen molar-refractivity contribution < 1.29 is 4.79 Å². The average molecular weight is 392 g/mol. The van der Waals surface area contributed by atoms with Crippen molar-refractivity contribution in [2.75, 3.05) is 45.8 Å². The Kier molecular flexibility index (Phi) is 7.52. The number of guanidine groups is 1. The van der Waals surface area contributed by atoms with Crippen molar-refractivity contribution in [1.82, 2.24) is 20.4 Å². The van der Waals surface area contributed by atoms with Gasteiger partial charge in [0.15, 0.2) is 5.96 Å². The molecule has 27 heavy (non-hydrogen) atoms. The minimum absolute atomic E-state index is 0.254. The summed E-state index contributed by atoms with van der Waals surface area (Å²) in [5.74, 6) is 1.58. The standard InChI is InChI=1S/C20H33N5OS/c1-3-21-20(23-16(2)18-8-5-15-27-18)22-9-10-24-11-13-25(14-12-24)19(26)17-6-4-7-17/h5,8,15-17H,3-4,6-7,9-14H2,1-2H3,(H2,21,22,23). The molecule has 1 aromatic rings. The Hall–Kier alpha value is -1.60. The van der Waals surface area contributed by atoms with Gasteiger partial charge in [-0.15, -0.1) is 11.3 Å². The quantitative estimate of drug-likeness (QED) is 0.553. The van der Waals surface area contributed by atoms with Crippen molar-refractivity contribution in [2.24, 2.45) is 10.9 Å². The molecule has 1 saturated carbocycles. The van der Waals surface area contributed by atoms with Crippen LogP contribution in [0.3, 0.4) is 0 Å². The van der Waals surface area contributed by atoms with Crippen LogP contribution in [0, 0.1) is 5.92 Å². The van der Waals surface area contributed by atoms with E-state index in [1.54, 1.807) is 11.3 Å². The fourth-order valence-corrected chi connectivity index (χ4v) is 4.28. The molecule has 3 rings (SSSR count). The van der Waals surface area contributed by atoms with Gasteiger partial charge >= 0.3 is 0 Å². The molecular formula is C20H33N5OS. The van der Waals surface area contributed by atoms with Gasteiger partial charge in [-0.3, -0.25) is 14.7 Å². The van der Waals surface area contributed by atoms with Gasteiger partial charge in [0.05, 0.1) is 12.6 Å². The minimum atomic E-state index is 0.254. The third kappa shape index (κ3) is 5.69. The number of nitrogens with one attached hydrogen (secondary N) is 2. The summed E-state index contributed by atoms with van der Waals surface area (Å²) in [5.41, 5.74) is 0. The second-order valence-corrected chi connectivity index (χ2v) is 8.42. The zero-order valence-corrected chi connectivity index (χ0v) is 17.4. The molecule has 1 aliphatic heterocycles. The van der Waals surface area contributed by atoms with Gasteiger partial charge in [-0.25, -0.2) is 0 Å². The molecule has 1 aliphatic carbocycles. The van der Waals surface area contributed by atoms with E-state index in [1.807, 2.05) is 0 Å². The number of hydrogen-bond donors (Lipinski definition) is 2. The summed E-state index contributed by atoms with van der Waals surface area (Å²) in [6.45, 7) is 10.5. The van der Waals surface area contributed by atoms with Crippen LogP contribution < -0.4 is 10.6 Å². The Morgan fingerprint density at radius 1 is 1.33 bits per heavy atom. The first-order chi connectivity index (χ1) is 13.2. The molecule has 1 atom stereocenters. The Labute approximate surface area is 167 Å². The summed E-state index contributed by atoms with van der Waals surface area (Å²) in [6.07, 6.45) is 3.41. The van der Waals surface area contributed by atoms with Crippen molar-refractivity contribution in [3.05, 3.63) is 22.4 Å². The maximum Gasteiger partial charge on any atom is 0.225 e. The number of carbonyl (C=O) groups excluding carboxylic acids is 1. The Balaban J connectivity index is 1.40. The normalized spacial score (nSPS) is 20.2. The summed E-state index contributed by atoms with van der Waals surface area (Å²) in [7, 11) is 0. The number of rotatable bonds is 7. The predicted molar refractivity (Wildman–Crippen MR) is 112 cm³/mol. The molecule has 0 aromatic carbocycles. The number of nitrogens with zero attached hydrogens (tertiary/aromatic N) is 3. The van der Waals surface area contributed by atoms with Crippen LogP contribution >= 0.6 is 11.3 Å². The van der Waals surface area contributed by atoms with E-state index in [2.05, 4.69) is 51.8 Å². The first-order valence-corrected chi connectivity index (χ1v) is 11.1. The first-order valence-electron chi connectivity index (χ1n) is 10.3. The van der Waals surface area contributed by atoms with Gasteiger partial charge < -0.3 is 15.5 Å². The lowest BCUT2D eigenvalue weighted by atomic mass is 9.84. The average Bonchev–Trinajstić information content (AvgIpc) is 3.16. The van der Waals surface area contributed by atoms with Crippen molar-refractivity contribution >= 4 is 23.2 Å². The van der Waals surface area contributed by atoms with Crippen LogP contribution in [0.2, 0.25) is 0 Å². The van der Waals surface area contributed by atoms with Crippen molar-refractivity contribution in [3.8, 4) is 0 Å². The van der Waals surface area contributed by atoms with Crippen LogP contribution in [0.25, 0.3) is 0 Å². The lowest BCUT2D eigenvalue weighted by Crippen LogP contribution is -2.51. The second kappa shape index (κ2) is 10.1. The van der Waals surface area contributed by atoms with E-state index in [0.717, 1.165) is 64.6 Å². The van der Waals surface area contributed by atoms with Gasteiger partial charge in [-0.1, -0.05) is 12.5 Å². The second-order valence-electron chi connectivity index (χ2n) is 7.44. The van der Waals surface area contributed by atoms with Crippen LogP contribution in [-0.2, 0) is 4.79 Å². The number of aliphatic imine (C=N–C) groups is 1. The number of carbonyl (C=O) groups is 1. The summed E-state index contributed by atoms with van der Waals surface area (Å²) in [4.78, 5) is 22.9. The predicted octanol–water partition coefficient (Wildman–Crippen LogP) is 2.31. The first kappa shape index (κ1) is 20.1. The van der Waals surface area contributed by atoms with Crippen LogP contribution in [0.1, 0.15) is 44.0 Å². The zero-order chi connectivity index (χ0) is 19.1. The number of hydrogen-bond acceptors (Lipinski definition) is 4. The third-order valence-electron chi connectivity index (χ3n) is 5.49. The summed E-state index contributed by atoms with van der Waals surface area (Å²) in [5, 5.41) is 8.92. The molecule has 0 radical (unpaired) electrons. The third-order valence-corrected chi connectivity index (χ3v) is 6.55. The van der Waals surface area contributed by atoms with E-state index in [4.69, 9.17) is 4.99 Å². The van der Waals surface area contributed by atoms with Crippen molar-refractivity contribution in [3.63, 3.8) is 0 Å². The number of piperazine rings is 1. The van der Waals surface area contributed by atoms with Crippen LogP contribution in [0.4, 0.5) is 0 Å². The SMILES string of the molecule is CCNC(=NCCN1CCN(C(=O)C2CCC2)CC1)NC(C)c1cccs1. The van der Waals surface area contributed by atoms with Crippen molar-refractivity contribution in [1.29, 1.82) is 0 Å². The van der Waals surface area contributed by atoms with Crippen LogP contribution in [0.15, 0.2) is 22.5 Å². The fourth-order valence-electron chi connectivity index (χ4n) is 3.54. The minimum Gasteiger partial charge on any atom is -0.357 e. The summed E-state index contributed by atoms with van der Waals surface area (Å²) in [6, 6.07) is 4.48. The Morgan fingerprint density at radius 2 is 2.11 bits per heavy atom. The molecule has 2 fully saturated rings. The van der Waals surface area contributed by atoms with E-state index in [1.165, 1.54) is 11.3 Å². The highest BCUT2D eigenvalue weighted by Gasteiger charge is 2.30. The number of amides is 1. The molecular weight excluding hydrogens is 358 g/mol. The van der Waals surface area contributed by atoms with E-state index in [0.29, 0.717) is 11.8 Å². The topological polar surface area (TPSA) is 60.0 Å². The molecule has 150 valence electrons. The molecule has 2 N–H and O–H groups in total. The molecule has 1 saturated heterocycles. The molecule has 1 unspecified atom stereocenters. The molecule has 1 aromatic heterocycles. The molecule has 7 heteroatoms. The van der Waals surface area contributed by atoms with E-state index in [9.17, 15) is 4.79 Å². The van der Waals surface area contributed by atoms with Crippen LogP contribution in [-0.4, -0.2) is 67.5 Å². The summed E-state index contributed by atoms with van der Waals surface area (Å²) < 4.78 is 0. The maximum atomic E-state index is 12.3. The monoisotopic (exact) mass is 391 g/mol. The zero-order valence-electron chi connectivity index (χ0n) is 16.6. The molecule has 2 heterocycles. The van der Waals surface area contributed by atoms with Gasteiger partial charge in [-0.2, -0.15) is 0 Å². The molecule has 0 bridgehead atoms. The van der Waals surface area contributed by atoms with Gasteiger partial charge in [-0.05, 0) is 38.1 Å². The van der Waals surface area contributed by atoms with Gasteiger partial charge in [0.1, 0.15) is 0 Å². The highest BCUT2D eigenvalue weighted by atomic mass is 32.1. The van der Waals surface area contributed by atoms with Gasteiger partial charge in [0, 0.05) is 50.1 Å². The van der Waals surface area contributed by atoms with Gasteiger partial charge in [0.2, 0.25) is 5.91 Å². The molecule has 0 spiro atoms. The van der Waals surface area contributed by atoms with E-state index >= 15 is 0 Å². The largest absolute Gasteiger partial charge is 0.357 e. The highest BCUT2D eigenvalue weighted by Crippen LogP contribution is 2.28. The smallest absolute Gasteiger partial charge is 0.225 e. The Bertz CT molecular complexity index is 606. The summed E-state index contributed by atoms with van der Waals surface area (Å²) >= 11 is 1.76. The van der Waals surface area contributed by atoms with E-state index < -0.39 is 0 Å². The maximum absolute atomic E-state index is 12.3. The number of thiophene rings is 1. The lowest BCUT2D eigenvalue weighted by molar-refractivity contribution is -0.139. The highest BCUT2D eigenvalue weighted by molar-refractivity contribution is 7.10. The lowest BCUT2D eigenvalue weighted by Gasteiger charge is -2.38. The Morgan fingerprint density at radius 3 is 2.70 bits per heavy atom. The van der Waals surface area contributed by atoms with Gasteiger partial charge in [0.25, 0.3) is 0 Å². The molecule has 2 aliphatic rings. The molecule has 1 amide bonds. The van der Waals surface area contributed by atoms with E-state index in [-0.39, 0.29) is 6.04 Å². The van der Waals surface area contributed by atoms with Crippen molar-refractivity contribution in [2.45, 2.75) is 39.2 Å².